The van der Waals surface area contributed by atoms with Gasteiger partial charge in [0, 0.05) is 15.4 Å². The summed E-state index contributed by atoms with van der Waals surface area (Å²) in [5, 5.41) is 5.87. The van der Waals surface area contributed by atoms with E-state index in [-0.39, 0.29) is 22.4 Å². The van der Waals surface area contributed by atoms with Crippen molar-refractivity contribution in [2.24, 2.45) is 0 Å². The monoisotopic (exact) mass is 487 g/mol. The lowest BCUT2D eigenvalue weighted by molar-refractivity contribution is -0.113. The Morgan fingerprint density at radius 3 is 2.72 bits per heavy atom. The number of rotatable bonds is 5. The Bertz CT molecular complexity index is 1250. The maximum atomic E-state index is 12.3. The van der Waals surface area contributed by atoms with Crippen molar-refractivity contribution in [1.29, 1.82) is 0 Å². The van der Waals surface area contributed by atoms with Gasteiger partial charge in [-0.25, -0.2) is 14.6 Å². The number of nitrogens with one attached hydrogen (secondary N) is 1. The number of halogens is 1. The third kappa shape index (κ3) is 4.34. The predicted octanol–water partition coefficient (Wildman–Crippen LogP) is 3.73. The lowest BCUT2D eigenvalue weighted by atomic mass is 10.2. The van der Waals surface area contributed by atoms with Crippen molar-refractivity contribution in [2.75, 3.05) is 16.9 Å². The average molecular weight is 488 g/mol. The minimum Gasteiger partial charge on any atom is -0.334 e. The van der Waals surface area contributed by atoms with E-state index >= 15 is 0 Å². The maximum absolute atomic E-state index is 12.3. The van der Waals surface area contributed by atoms with Gasteiger partial charge in [-0.3, -0.25) is 9.59 Å². The van der Waals surface area contributed by atoms with E-state index in [1.165, 1.54) is 11.3 Å². The molecule has 4 aromatic rings. The summed E-state index contributed by atoms with van der Waals surface area (Å²) in [7, 11) is 0. The van der Waals surface area contributed by atoms with Crippen LogP contribution in [0.25, 0.3) is 22.2 Å². The van der Waals surface area contributed by atoms with E-state index in [0.717, 1.165) is 32.2 Å². The van der Waals surface area contributed by atoms with Crippen molar-refractivity contribution in [3.8, 4) is 11.3 Å². The Hall–Kier alpha value is -2.69. The highest BCUT2D eigenvalue weighted by molar-refractivity contribution is 9.10. The molecule has 0 radical (unpaired) electrons. The second-order valence-corrected chi connectivity index (χ2v) is 8.68. The van der Waals surface area contributed by atoms with Crippen LogP contribution in [0.15, 0.2) is 68.3 Å². The number of hydrogen-bond donors (Lipinski definition) is 2. The summed E-state index contributed by atoms with van der Waals surface area (Å²) >= 11 is 5.84. The van der Waals surface area contributed by atoms with Gasteiger partial charge in [-0.15, -0.1) is 11.3 Å². The van der Waals surface area contributed by atoms with Crippen molar-refractivity contribution < 1.29 is 4.79 Å². The molecular formula is C19H14BrN5O2S2. The van der Waals surface area contributed by atoms with Crippen LogP contribution in [-0.2, 0) is 4.79 Å². The van der Waals surface area contributed by atoms with E-state index in [4.69, 9.17) is 5.84 Å². The number of aromatic nitrogens is 3. The van der Waals surface area contributed by atoms with Crippen molar-refractivity contribution in [2.45, 2.75) is 5.16 Å². The molecule has 1 amide bonds. The Morgan fingerprint density at radius 1 is 1.17 bits per heavy atom. The Morgan fingerprint density at radius 2 is 1.93 bits per heavy atom. The number of nitrogen functional groups attached to an aromatic ring is 1. The van der Waals surface area contributed by atoms with Gasteiger partial charge in [0.25, 0.3) is 5.56 Å². The zero-order valence-corrected chi connectivity index (χ0v) is 18.1. The quantitative estimate of drug-likeness (QED) is 0.252. The number of hydrogen-bond acceptors (Lipinski definition) is 7. The number of nitrogens with two attached hydrogens (primary N) is 1. The molecule has 2 aromatic heterocycles. The molecule has 2 aromatic carbocycles. The Balaban J connectivity index is 1.43. The third-order valence-corrected chi connectivity index (χ3v) is 6.24. The molecule has 2 heterocycles. The van der Waals surface area contributed by atoms with E-state index in [2.05, 4.69) is 31.2 Å². The number of benzene rings is 2. The highest BCUT2D eigenvalue weighted by Gasteiger charge is 2.13. The highest BCUT2D eigenvalue weighted by Crippen LogP contribution is 2.26. The van der Waals surface area contributed by atoms with Gasteiger partial charge in [-0.2, -0.15) is 0 Å². The van der Waals surface area contributed by atoms with Crippen LogP contribution >= 0.6 is 39.0 Å². The molecular weight excluding hydrogens is 474 g/mol. The summed E-state index contributed by atoms with van der Waals surface area (Å²) < 4.78 is 1.96. The molecule has 146 valence electrons. The Kier molecular flexibility index (Phi) is 5.65. The largest absolute Gasteiger partial charge is 0.334 e. The zero-order valence-electron chi connectivity index (χ0n) is 14.8. The lowest BCUT2D eigenvalue weighted by Gasteiger charge is -2.08. The van der Waals surface area contributed by atoms with Crippen molar-refractivity contribution in [3.63, 3.8) is 0 Å². The van der Waals surface area contributed by atoms with Crippen molar-refractivity contribution in [1.82, 2.24) is 14.6 Å². The standard InChI is InChI=1S/C19H14BrN5O2S2/c20-12-7-5-11(6-8-12)15-9-28-18(22-15)24-16(26)10-29-19-23-14-4-2-1-3-13(14)17(27)25(19)21/h1-9H,10,21H2,(H,22,24,26). The molecule has 0 saturated carbocycles. The molecule has 0 fully saturated rings. The number of anilines is 1. The zero-order chi connectivity index (χ0) is 20.4. The Labute approximate surface area is 182 Å². The molecule has 3 N–H and O–H groups in total. The first-order valence-electron chi connectivity index (χ1n) is 8.42. The van der Waals surface area contributed by atoms with Crippen LogP contribution in [0, 0.1) is 0 Å². The number of nitrogens with zero attached hydrogens (tertiary/aromatic N) is 3. The number of thiazole rings is 1. The molecule has 0 aliphatic rings. The summed E-state index contributed by atoms with van der Waals surface area (Å²) in [4.78, 5) is 33.4. The van der Waals surface area contributed by atoms with Crippen LogP contribution in [-0.4, -0.2) is 26.3 Å². The van der Waals surface area contributed by atoms with Gasteiger partial charge in [-0.1, -0.05) is 52.0 Å². The normalized spacial score (nSPS) is 10.9. The van der Waals surface area contributed by atoms with Crippen molar-refractivity contribution >= 4 is 61.0 Å². The van der Waals surface area contributed by atoms with Gasteiger partial charge in [0.2, 0.25) is 5.91 Å². The topological polar surface area (TPSA) is 103 Å². The number of fused-ring (bicyclic) bond motifs is 1. The second kappa shape index (κ2) is 8.36. The molecule has 10 heteroatoms. The van der Waals surface area contributed by atoms with E-state index in [9.17, 15) is 9.59 Å². The fourth-order valence-corrected chi connectivity index (χ4v) is 4.31. The first kappa shape index (κ1) is 19.6. The summed E-state index contributed by atoms with van der Waals surface area (Å²) in [6, 6.07) is 14.7. The fraction of sp³-hybridized carbons (Fsp3) is 0.0526. The van der Waals surface area contributed by atoms with Crippen LogP contribution in [0.4, 0.5) is 5.13 Å². The first-order valence-corrected chi connectivity index (χ1v) is 11.1. The maximum Gasteiger partial charge on any atom is 0.280 e. The van der Waals surface area contributed by atoms with E-state index in [0.29, 0.717) is 16.0 Å². The molecule has 0 aliphatic heterocycles. The molecule has 0 bridgehead atoms. The molecule has 29 heavy (non-hydrogen) atoms. The summed E-state index contributed by atoms with van der Waals surface area (Å²) in [6.45, 7) is 0. The average Bonchev–Trinajstić information content (AvgIpc) is 3.18. The van der Waals surface area contributed by atoms with Gasteiger partial charge < -0.3 is 11.2 Å². The van der Waals surface area contributed by atoms with Crippen molar-refractivity contribution in [3.05, 3.63) is 68.7 Å². The third-order valence-electron chi connectivity index (χ3n) is 4.00. The molecule has 0 unspecified atom stereocenters. The minimum atomic E-state index is -0.349. The summed E-state index contributed by atoms with van der Waals surface area (Å²) in [5.41, 5.74) is 1.95. The van der Waals surface area contributed by atoms with E-state index in [1.54, 1.807) is 24.3 Å². The van der Waals surface area contributed by atoms with Crippen LogP contribution in [0.3, 0.4) is 0 Å². The molecule has 7 nitrogen and oxygen atoms in total. The lowest BCUT2D eigenvalue weighted by Crippen LogP contribution is -2.30. The van der Waals surface area contributed by atoms with Gasteiger partial charge >= 0.3 is 0 Å². The highest BCUT2D eigenvalue weighted by atomic mass is 79.9. The SMILES string of the molecule is Nn1c(SCC(=O)Nc2nc(-c3ccc(Br)cc3)cs2)nc2ccccc2c1=O. The van der Waals surface area contributed by atoms with Crippen LogP contribution in [0.1, 0.15) is 0 Å². The summed E-state index contributed by atoms with van der Waals surface area (Å²) in [6.07, 6.45) is 0. The first-order chi connectivity index (χ1) is 14.0. The number of carbonyl (C=O) groups is 1. The molecule has 0 atom stereocenters. The van der Waals surface area contributed by atoms with Crippen LogP contribution < -0.4 is 16.7 Å². The molecule has 0 spiro atoms. The molecule has 4 rings (SSSR count). The fourth-order valence-electron chi connectivity index (χ4n) is 2.60. The molecule has 0 aliphatic carbocycles. The van der Waals surface area contributed by atoms with Gasteiger partial charge in [0.15, 0.2) is 10.3 Å². The molecule has 0 saturated heterocycles. The number of thioether (sulfide) groups is 1. The summed E-state index contributed by atoms with van der Waals surface area (Å²) in [5.74, 6) is 5.64. The van der Waals surface area contributed by atoms with E-state index < -0.39 is 0 Å². The second-order valence-electron chi connectivity index (χ2n) is 5.97. The predicted molar refractivity (Wildman–Crippen MR) is 121 cm³/mol. The van der Waals surface area contributed by atoms with E-state index in [1.807, 2.05) is 29.6 Å². The minimum absolute atomic E-state index is 0.0508. The van der Waals surface area contributed by atoms with Crippen LogP contribution in [0.2, 0.25) is 0 Å². The van der Waals surface area contributed by atoms with Gasteiger partial charge in [-0.05, 0) is 24.3 Å². The number of para-hydroxylation sites is 1. The van der Waals surface area contributed by atoms with Crippen LogP contribution in [0.5, 0.6) is 0 Å². The van der Waals surface area contributed by atoms with Gasteiger partial charge in [0.05, 0.1) is 22.3 Å². The smallest absolute Gasteiger partial charge is 0.280 e. The van der Waals surface area contributed by atoms with Gasteiger partial charge in [0.1, 0.15) is 0 Å². The number of amides is 1. The number of carbonyl (C=O) groups excluding carboxylic acids is 1.